The molecule has 1 aliphatic rings. The zero-order valence-electron chi connectivity index (χ0n) is 10.4. The van der Waals surface area contributed by atoms with E-state index in [-0.39, 0.29) is 5.91 Å². The molecule has 0 spiro atoms. The number of likely N-dealkylation sites (N-methyl/N-ethyl adjacent to an activating group) is 1. The molecule has 0 bridgehead atoms. The second-order valence-corrected chi connectivity index (χ2v) is 4.47. The summed E-state index contributed by atoms with van der Waals surface area (Å²) in [5.41, 5.74) is 1.05. The van der Waals surface area contributed by atoms with Crippen molar-refractivity contribution in [3.8, 4) is 0 Å². The van der Waals surface area contributed by atoms with Gasteiger partial charge in [-0.3, -0.25) is 4.79 Å². The maximum absolute atomic E-state index is 11.4. The van der Waals surface area contributed by atoms with Gasteiger partial charge in [-0.1, -0.05) is 0 Å². The molecule has 0 unspecified atom stereocenters. The fourth-order valence-corrected chi connectivity index (χ4v) is 1.89. The fraction of sp³-hybridized carbons (Fsp3) is 0.583. The summed E-state index contributed by atoms with van der Waals surface area (Å²) in [5.74, 6) is 0.977. The van der Waals surface area contributed by atoms with Gasteiger partial charge in [-0.15, -0.1) is 0 Å². The van der Waals surface area contributed by atoms with Crippen molar-refractivity contribution in [2.45, 2.75) is 19.8 Å². The van der Waals surface area contributed by atoms with Gasteiger partial charge in [-0.2, -0.15) is 0 Å². The molecule has 5 nitrogen and oxygen atoms in total. The van der Waals surface area contributed by atoms with Gasteiger partial charge in [-0.05, 0) is 18.9 Å². The topological polar surface area (TPSA) is 49.3 Å². The van der Waals surface area contributed by atoms with E-state index in [9.17, 15) is 4.79 Å². The lowest BCUT2D eigenvalue weighted by molar-refractivity contribution is -0.127. The van der Waals surface area contributed by atoms with Crippen LogP contribution < -0.4 is 4.90 Å². The molecule has 0 radical (unpaired) electrons. The average molecular weight is 234 g/mol. The minimum absolute atomic E-state index is 0.267. The molecular weight excluding hydrogens is 216 g/mol. The van der Waals surface area contributed by atoms with Crippen molar-refractivity contribution < 1.29 is 4.79 Å². The number of aryl methyl sites for hydroxylation is 1. The summed E-state index contributed by atoms with van der Waals surface area (Å²) in [6.07, 6.45) is 5.30. The number of carbonyl (C=O) groups excluding carboxylic acids is 1. The molecular formula is C12H18N4O. The molecule has 92 valence electrons. The average Bonchev–Trinajstić information content (AvgIpc) is 2.73. The van der Waals surface area contributed by atoms with E-state index in [2.05, 4.69) is 9.97 Å². The molecule has 1 aromatic heterocycles. The Hall–Kier alpha value is -1.65. The van der Waals surface area contributed by atoms with Crippen LogP contribution in [-0.2, 0) is 4.79 Å². The minimum atomic E-state index is 0.267. The third kappa shape index (κ3) is 2.93. The molecule has 17 heavy (non-hydrogen) atoms. The van der Waals surface area contributed by atoms with Gasteiger partial charge in [0.2, 0.25) is 11.9 Å². The predicted molar refractivity (Wildman–Crippen MR) is 65.9 cm³/mol. The van der Waals surface area contributed by atoms with Crippen LogP contribution in [0.2, 0.25) is 0 Å². The number of likely N-dealkylation sites (tertiary alicyclic amines) is 1. The number of hydrogen-bond acceptors (Lipinski definition) is 4. The maximum Gasteiger partial charge on any atom is 0.225 e. The molecule has 1 aromatic rings. The number of rotatable bonds is 4. The van der Waals surface area contributed by atoms with Crippen molar-refractivity contribution in [1.82, 2.24) is 14.9 Å². The first-order valence-corrected chi connectivity index (χ1v) is 5.94. The first kappa shape index (κ1) is 11.8. The molecule has 1 amide bonds. The molecule has 2 rings (SSSR count). The monoisotopic (exact) mass is 234 g/mol. The summed E-state index contributed by atoms with van der Waals surface area (Å²) in [7, 11) is 1.95. The fourth-order valence-electron chi connectivity index (χ4n) is 1.89. The smallest absolute Gasteiger partial charge is 0.225 e. The van der Waals surface area contributed by atoms with Crippen molar-refractivity contribution in [3.63, 3.8) is 0 Å². The molecule has 0 atom stereocenters. The van der Waals surface area contributed by atoms with Gasteiger partial charge >= 0.3 is 0 Å². The highest BCUT2D eigenvalue weighted by Gasteiger charge is 2.20. The Bertz CT molecular complexity index is 390. The van der Waals surface area contributed by atoms with Crippen molar-refractivity contribution in [1.29, 1.82) is 0 Å². The van der Waals surface area contributed by atoms with Gasteiger partial charge in [0.1, 0.15) is 0 Å². The Kier molecular flexibility index (Phi) is 3.56. The summed E-state index contributed by atoms with van der Waals surface area (Å²) < 4.78 is 0. The number of carbonyl (C=O) groups is 1. The molecule has 1 aliphatic heterocycles. The maximum atomic E-state index is 11.4. The van der Waals surface area contributed by atoms with Crippen LogP contribution in [0.25, 0.3) is 0 Å². The molecule has 0 N–H and O–H groups in total. The van der Waals surface area contributed by atoms with E-state index in [0.29, 0.717) is 12.4 Å². The van der Waals surface area contributed by atoms with E-state index < -0.39 is 0 Å². The van der Waals surface area contributed by atoms with Crippen LogP contribution in [0.1, 0.15) is 18.4 Å². The van der Waals surface area contributed by atoms with E-state index in [0.717, 1.165) is 31.6 Å². The summed E-state index contributed by atoms with van der Waals surface area (Å²) in [6, 6.07) is 0. The third-order valence-corrected chi connectivity index (χ3v) is 2.99. The van der Waals surface area contributed by atoms with Gasteiger partial charge in [0.25, 0.3) is 0 Å². The number of aromatic nitrogens is 2. The lowest BCUT2D eigenvalue weighted by atomic mass is 10.4. The zero-order chi connectivity index (χ0) is 12.3. The Labute approximate surface area is 101 Å². The van der Waals surface area contributed by atoms with E-state index in [4.69, 9.17) is 0 Å². The Morgan fingerprint density at radius 1 is 1.41 bits per heavy atom. The highest BCUT2D eigenvalue weighted by Crippen LogP contribution is 2.10. The van der Waals surface area contributed by atoms with Crippen LogP contribution in [0.15, 0.2) is 12.4 Å². The van der Waals surface area contributed by atoms with Gasteiger partial charge in [-0.25, -0.2) is 9.97 Å². The normalized spacial score (nSPS) is 15.4. The van der Waals surface area contributed by atoms with E-state index >= 15 is 0 Å². The van der Waals surface area contributed by atoms with Gasteiger partial charge in [0, 0.05) is 45.5 Å². The molecule has 0 aromatic carbocycles. The van der Waals surface area contributed by atoms with E-state index in [1.54, 1.807) is 12.4 Å². The predicted octanol–water partition coefficient (Wildman–Crippen LogP) is 0.844. The van der Waals surface area contributed by atoms with E-state index in [1.807, 2.05) is 23.8 Å². The second-order valence-electron chi connectivity index (χ2n) is 4.47. The summed E-state index contributed by atoms with van der Waals surface area (Å²) >= 11 is 0. The Balaban J connectivity index is 1.86. The van der Waals surface area contributed by atoms with Gasteiger partial charge in [0.05, 0.1) is 0 Å². The summed E-state index contributed by atoms with van der Waals surface area (Å²) in [5, 5.41) is 0. The molecule has 1 fully saturated rings. The third-order valence-electron chi connectivity index (χ3n) is 2.99. The van der Waals surface area contributed by atoms with Crippen LogP contribution in [0, 0.1) is 6.92 Å². The first-order chi connectivity index (χ1) is 8.16. The Morgan fingerprint density at radius 2 is 2.12 bits per heavy atom. The van der Waals surface area contributed by atoms with Gasteiger partial charge in [0.15, 0.2) is 0 Å². The quantitative estimate of drug-likeness (QED) is 0.774. The molecule has 2 heterocycles. The summed E-state index contributed by atoms with van der Waals surface area (Å²) in [4.78, 5) is 23.8. The lowest BCUT2D eigenvalue weighted by Crippen LogP contribution is -2.34. The lowest BCUT2D eigenvalue weighted by Gasteiger charge is -2.21. The van der Waals surface area contributed by atoms with Crippen molar-refractivity contribution in [2.75, 3.05) is 31.6 Å². The van der Waals surface area contributed by atoms with Crippen LogP contribution in [-0.4, -0.2) is 47.5 Å². The number of anilines is 1. The molecule has 0 aliphatic carbocycles. The van der Waals surface area contributed by atoms with Crippen LogP contribution in [0.5, 0.6) is 0 Å². The van der Waals surface area contributed by atoms with Crippen molar-refractivity contribution >= 4 is 11.9 Å². The van der Waals surface area contributed by atoms with E-state index in [1.165, 1.54) is 0 Å². The molecule has 5 heteroatoms. The number of hydrogen-bond donors (Lipinski definition) is 0. The SMILES string of the molecule is Cc1cnc(N(C)CCN2CCCC2=O)nc1. The number of nitrogens with zero attached hydrogens (tertiary/aromatic N) is 4. The standard InChI is InChI=1S/C12H18N4O/c1-10-8-13-12(14-9-10)15(2)6-7-16-5-3-4-11(16)17/h8-9H,3-7H2,1-2H3. The largest absolute Gasteiger partial charge is 0.342 e. The summed E-state index contributed by atoms with van der Waals surface area (Å²) in [6.45, 7) is 4.38. The van der Waals surface area contributed by atoms with Crippen molar-refractivity contribution in [2.24, 2.45) is 0 Å². The van der Waals surface area contributed by atoms with Gasteiger partial charge < -0.3 is 9.80 Å². The minimum Gasteiger partial charge on any atom is -0.342 e. The highest BCUT2D eigenvalue weighted by molar-refractivity contribution is 5.78. The van der Waals surface area contributed by atoms with Crippen molar-refractivity contribution in [3.05, 3.63) is 18.0 Å². The molecule has 1 saturated heterocycles. The zero-order valence-corrected chi connectivity index (χ0v) is 10.4. The van der Waals surface area contributed by atoms with Crippen LogP contribution in [0.3, 0.4) is 0 Å². The van der Waals surface area contributed by atoms with Crippen LogP contribution >= 0.6 is 0 Å². The molecule has 0 saturated carbocycles. The van der Waals surface area contributed by atoms with Crippen LogP contribution in [0.4, 0.5) is 5.95 Å². The second kappa shape index (κ2) is 5.12. The Morgan fingerprint density at radius 3 is 2.71 bits per heavy atom. The highest BCUT2D eigenvalue weighted by atomic mass is 16.2. The first-order valence-electron chi connectivity index (χ1n) is 5.94. The number of amides is 1.